The molecule has 114 valence electrons. The Hall–Kier alpha value is -1.91. The van der Waals surface area contributed by atoms with Gasteiger partial charge in [-0.05, 0) is 31.1 Å². The fraction of sp³-hybridized carbons (Fsp3) is 0.923. The minimum atomic E-state index is -0.716. The highest BCUT2D eigenvalue weighted by molar-refractivity contribution is 4.99. The molecule has 3 aliphatic rings. The highest BCUT2D eigenvalue weighted by atomic mass is 16.6. The largest absolute Gasteiger partial charge is 0.277 e. The molecule has 0 aromatic rings. The lowest BCUT2D eigenvalue weighted by Gasteiger charge is -2.28. The molecule has 4 unspecified atom stereocenters. The van der Waals surface area contributed by atoms with E-state index in [1.165, 1.54) is 12.8 Å². The standard InChI is InChI=1S/C13H20N6O2/c14-7-10-5-11-8-18(16-15-17-3-1-2-4-17)9-12(11)6-13(10)19(20)21/h10-13H,1-6,8-9H2. The van der Waals surface area contributed by atoms with Crippen molar-refractivity contribution >= 4 is 0 Å². The first-order valence-corrected chi connectivity index (χ1v) is 7.62. The minimum Gasteiger partial charge on any atom is -0.277 e. The lowest BCUT2D eigenvalue weighted by Crippen LogP contribution is -2.39. The fourth-order valence-corrected chi connectivity index (χ4v) is 3.75. The molecule has 3 rings (SSSR count). The van der Waals surface area contributed by atoms with Crippen molar-refractivity contribution < 1.29 is 4.92 Å². The smallest absolute Gasteiger partial charge is 0.229 e. The molecule has 8 heteroatoms. The van der Waals surface area contributed by atoms with Crippen LogP contribution in [0.2, 0.25) is 0 Å². The molecule has 21 heavy (non-hydrogen) atoms. The maximum Gasteiger partial charge on any atom is 0.229 e. The van der Waals surface area contributed by atoms with Crippen LogP contribution in [0.15, 0.2) is 10.4 Å². The molecule has 0 radical (unpaired) electrons. The first-order chi connectivity index (χ1) is 10.2. The van der Waals surface area contributed by atoms with E-state index >= 15 is 0 Å². The van der Waals surface area contributed by atoms with Gasteiger partial charge in [-0.25, -0.2) is 0 Å². The van der Waals surface area contributed by atoms with Crippen molar-refractivity contribution in [3.05, 3.63) is 10.1 Å². The van der Waals surface area contributed by atoms with Crippen LogP contribution in [0, 0.1) is 39.2 Å². The molecular formula is C13H20N6O2. The summed E-state index contributed by atoms with van der Waals surface area (Å²) in [6, 6.07) is 1.40. The molecule has 8 nitrogen and oxygen atoms in total. The van der Waals surface area contributed by atoms with Crippen molar-refractivity contribution in [2.75, 3.05) is 26.2 Å². The minimum absolute atomic E-state index is 0.266. The molecule has 4 atom stereocenters. The molecule has 2 heterocycles. The monoisotopic (exact) mass is 292 g/mol. The van der Waals surface area contributed by atoms with E-state index in [1.807, 2.05) is 10.0 Å². The molecule has 1 aliphatic carbocycles. The van der Waals surface area contributed by atoms with Crippen LogP contribution < -0.4 is 0 Å². The van der Waals surface area contributed by atoms with E-state index in [-0.39, 0.29) is 10.8 Å². The number of nitriles is 1. The third kappa shape index (κ3) is 2.91. The van der Waals surface area contributed by atoms with Crippen molar-refractivity contribution in [3.8, 4) is 6.07 Å². The van der Waals surface area contributed by atoms with Crippen LogP contribution in [0.5, 0.6) is 0 Å². The summed E-state index contributed by atoms with van der Waals surface area (Å²) in [7, 11) is 0. The summed E-state index contributed by atoms with van der Waals surface area (Å²) in [6.45, 7) is 3.42. The molecule has 2 aliphatic heterocycles. The predicted molar refractivity (Wildman–Crippen MR) is 73.3 cm³/mol. The molecule has 0 N–H and O–H groups in total. The average Bonchev–Trinajstić information content (AvgIpc) is 3.11. The zero-order chi connectivity index (χ0) is 14.8. The van der Waals surface area contributed by atoms with Crippen molar-refractivity contribution in [2.24, 2.45) is 28.2 Å². The maximum absolute atomic E-state index is 11.1. The Morgan fingerprint density at radius 1 is 1.10 bits per heavy atom. The Morgan fingerprint density at radius 3 is 2.33 bits per heavy atom. The van der Waals surface area contributed by atoms with Gasteiger partial charge in [-0.1, -0.05) is 10.4 Å². The lowest BCUT2D eigenvalue weighted by atomic mass is 9.73. The second kappa shape index (κ2) is 5.84. The summed E-state index contributed by atoms with van der Waals surface area (Å²) in [4.78, 5) is 10.8. The second-order valence-corrected chi connectivity index (χ2v) is 6.29. The van der Waals surface area contributed by atoms with Gasteiger partial charge < -0.3 is 0 Å². The molecule has 1 saturated carbocycles. The summed E-state index contributed by atoms with van der Waals surface area (Å²) in [5.41, 5.74) is 0. The number of hydrogen-bond donors (Lipinski definition) is 0. The number of fused-ring (bicyclic) bond motifs is 1. The number of hydrogen-bond acceptors (Lipinski definition) is 5. The van der Waals surface area contributed by atoms with Crippen LogP contribution >= 0.6 is 0 Å². The SMILES string of the molecule is N#CC1CC2CN(N=NN3CCCC3)CC2CC1[N+](=O)[O-]. The van der Waals surface area contributed by atoms with Crippen LogP contribution in [-0.4, -0.2) is 47.2 Å². The Bertz CT molecular complexity index is 470. The van der Waals surface area contributed by atoms with Gasteiger partial charge in [0.15, 0.2) is 0 Å². The molecule has 2 saturated heterocycles. The van der Waals surface area contributed by atoms with Gasteiger partial charge in [0, 0.05) is 37.5 Å². The molecule has 0 aromatic carbocycles. The summed E-state index contributed by atoms with van der Waals surface area (Å²) in [6.07, 6.45) is 3.44. The first kappa shape index (κ1) is 14.0. The maximum atomic E-state index is 11.1. The van der Waals surface area contributed by atoms with Crippen LogP contribution in [0.4, 0.5) is 0 Å². The van der Waals surface area contributed by atoms with E-state index in [9.17, 15) is 10.1 Å². The summed E-state index contributed by atoms with van der Waals surface area (Å²) in [5.74, 6) is 0.141. The molecular weight excluding hydrogens is 272 g/mol. The van der Waals surface area contributed by atoms with Crippen molar-refractivity contribution in [2.45, 2.75) is 31.7 Å². The van der Waals surface area contributed by atoms with Crippen LogP contribution in [-0.2, 0) is 0 Å². The zero-order valence-corrected chi connectivity index (χ0v) is 12.0. The van der Waals surface area contributed by atoms with Gasteiger partial charge >= 0.3 is 0 Å². The van der Waals surface area contributed by atoms with Crippen LogP contribution in [0.25, 0.3) is 0 Å². The van der Waals surface area contributed by atoms with Gasteiger partial charge in [-0.15, -0.1) is 0 Å². The van der Waals surface area contributed by atoms with Crippen molar-refractivity contribution in [1.29, 1.82) is 5.26 Å². The van der Waals surface area contributed by atoms with Gasteiger partial charge in [0.25, 0.3) is 0 Å². The van der Waals surface area contributed by atoms with E-state index in [1.54, 1.807) is 0 Å². The third-order valence-electron chi connectivity index (χ3n) is 4.93. The Kier molecular flexibility index (Phi) is 3.90. The summed E-state index contributed by atoms with van der Waals surface area (Å²) < 4.78 is 0. The van der Waals surface area contributed by atoms with Crippen molar-refractivity contribution in [1.82, 2.24) is 10.0 Å². The van der Waals surface area contributed by atoms with Gasteiger partial charge in [-0.3, -0.25) is 20.1 Å². The Morgan fingerprint density at radius 2 is 1.71 bits per heavy atom. The van der Waals surface area contributed by atoms with Crippen LogP contribution in [0.1, 0.15) is 25.7 Å². The molecule has 0 amide bonds. The summed E-state index contributed by atoms with van der Waals surface area (Å²) in [5, 5.41) is 32.6. The van der Waals surface area contributed by atoms with Gasteiger partial charge in [-0.2, -0.15) is 5.26 Å². The average molecular weight is 292 g/mol. The molecule has 0 spiro atoms. The van der Waals surface area contributed by atoms with Gasteiger partial charge in [0.05, 0.1) is 6.07 Å². The van der Waals surface area contributed by atoms with E-state index in [0.717, 1.165) is 26.2 Å². The van der Waals surface area contributed by atoms with E-state index in [2.05, 4.69) is 16.5 Å². The first-order valence-electron chi connectivity index (χ1n) is 7.62. The number of nitrogens with zero attached hydrogens (tertiary/aromatic N) is 6. The second-order valence-electron chi connectivity index (χ2n) is 6.29. The predicted octanol–water partition coefficient (Wildman–Crippen LogP) is 1.49. The topological polar surface area (TPSA) is 98.1 Å². The van der Waals surface area contributed by atoms with E-state index < -0.39 is 12.0 Å². The van der Waals surface area contributed by atoms with E-state index in [0.29, 0.717) is 18.8 Å². The van der Waals surface area contributed by atoms with E-state index in [4.69, 9.17) is 5.26 Å². The summed E-state index contributed by atoms with van der Waals surface area (Å²) >= 11 is 0. The fourth-order valence-electron chi connectivity index (χ4n) is 3.75. The quantitative estimate of drug-likeness (QED) is 0.446. The third-order valence-corrected chi connectivity index (χ3v) is 4.93. The molecule has 3 fully saturated rings. The Balaban J connectivity index is 1.60. The Labute approximate surface area is 123 Å². The van der Waals surface area contributed by atoms with Gasteiger partial charge in [0.1, 0.15) is 5.92 Å². The van der Waals surface area contributed by atoms with Crippen molar-refractivity contribution in [3.63, 3.8) is 0 Å². The number of nitro groups is 1. The molecule has 0 bridgehead atoms. The lowest BCUT2D eigenvalue weighted by molar-refractivity contribution is -0.534. The highest BCUT2D eigenvalue weighted by Gasteiger charge is 2.47. The van der Waals surface area contributed by atoms with Crippen LogP contribution in [0.3, 0.4) is 0 Å². The highest BCUT2D eigenvalue weighted by Crippen LogP contribution is 2.40. The number of rotatable bonds is 3. The zero-order valence-electron chi connectivity index (χ0n) is 12.0. The van der Waals surface area contributed by atoms with Gasteiger partial charge in [0.2, 0.25) is 6.04 Å². The normalized spacial score (nSPS) is 36.0. The molecule has 0 aromatic heterocycles.